The molecule has 1 aromatic heterocycles. The summed E-state index contributed by atoms with van der Waals surface area (Å²) < 4.78 is 17.0. The number of thiazole rings is 1. The van der Waals surface area contributed by atoms with Crippen molar-refractivity contribution in [2.75, 3.05) is 6.61 Å². The number of halogens is 4. The molecular formula is C33H53BrCl3NO5SSi. The number of alkyl halides is 3. The fraction of sp³-hybridized carbons (Fsp3) is 0.727. The van der Waals surface area contributed by atoms with Crippen LogP contribution in [0.5, 0.6) is 0 Å². The van der Waals surface area contributed by atoms with Gasteiger partial charge in [-0.05, 0) is 80.1 Å². The number of allylic oxidation sites excluding steroid dienone is 2. The highest BCUT2D eigenvalue weighted by Crippen LogP contribution is 2.43. The number of nitrogens with zero attached hydrogens (tertiary/aromatic N) is 1. The van der Waals surface area contributed by atoms with Crippen LogP contribution in [0.2, 0.25) is 16.6 Å². The van der Waals surface area contributed by atoms with Gasteiger partial charge in [0.1, 0.15) is 12.7 Å². The Morgan fingerprint density at radius 2 is 1.62 bits per heavy atom. The normalized spacial score (nSPS) is 14.8. The van der Waals surface area contributed by atoms with E-state index < -0.39 is 24.2 Å². The molecule has 0 saturated carbocycles. The second-order valence-corrected chi connectivity index (χ2v) is 22.9. The molecule has 1 rings (SSSR count). The first-order valence-corrected chi connectivity index (χ1v) is 20.8. The van der Waals surface area contributed by atoms with Crippen molar-refractivity contribution in [1.29, 1.82) is 0 Å². The minimum atomic E-state index is -1.93. The summed E-state index contributed by atoms with van der Waals surface area (Å²) in [4.78, 5) is 29.3. The smallest absolute Gasteiger partial charge is 0.306 e. The van der Waals surface area contributed by atoms with Gasteiger partial charge in [0, 0.05) is 30.7 Å². The Morgan fingerprint density at radius 3 is 2.18 bits per heavy atom. The molecule has 6 nitrogen and oxygen atoms in total. The molecule has 1 aromatic rings. The van der Waals surface area contributed by atoms with Gasteiger partial charge in [-0.25, -0.2) is 4.98 Å². The third-order valence-corrected chi connectivity index (χ3v) is 15.4. The van der Waals surface area contributed by atoms with Crippen LogP contribution < -0.4 is 0 Å². The Kier molecular flexibility index (Phi) is 19.7. The number of aromatic nitrogens is 1. The van der Waals surface area contributed by atoms with E-state index in [-0.39, 0.29) is 25.1 Å². The maximum absolute atomic E-state index is 12.8. The lowest BCUT2D eigenvalue weighted by molar-refractivity contribution is -0.147. The van der Waals surface area contributed by atoms with E-state index in [1.165, 1.54) is 5.57 Å². The number of ether oxygens (including phenoxy) is 2. The lowest BCUT2D eigenvalue weighted by Gasteiger charge is -2.44. The summed E-state index contributed by atoms with van der Waals surface area (Å²) in [7, 11) is -1.93. The first-order valence-electron chi connectivity index (χ1n) is 15.9. The highest BCUT2D eigenvalue weighted by molar-refractivity contribution is 9.11. The van der Waals surface area contributed by atoms with Crippen molar-refractivity contribution in [2.45, 2.75) is 146 Å². The van der Waals surface area contributed by atoms with Crippen LogP contribution in [0.4, 0.5) is 0 Å². The van der Waals surface area contributed by atoms with Gasteiger partial charge in [0.25, 0.3) is 0 Å². The maximum atomic E-state index is 12.8. The topological polar surface area (TPSA) is 74.7 Å². The summed E-state index contributed by atoms with van der Waals surface area (Å²) in [6.45, 7) is 19.8. The third kappa shape index (κ3) is 17.0. The molecule has 0 saturated heterocycles. The highest BCUT2D eigenvalue weighted by atomic mass is 79.9. The minimum absolute atomic E-state index is 0.141. The van der Waals surface area contributed by atoms with E-state index in [1.54, 1.807) is 11.3 Å². The van der Waals surface area contributed by atoms with E-state index in [2.05, 4.69) is 77.4 Å². The van der Waals surface area contributed by atoms with Crippen LogP contribution in [0, 0.1) is 0 Å². The Morgan fingerprint density at radius 1 is 1.00 bits per heavy atom. The fourth-order valence-corrected chi connectivity index (χ4v) is 12.9. The van der Waals surface area contributed by atoms with Crippen molar-refractivity contribution in [2.24, 2.45) is 0 Å². The van der Waals surface area contributed by atoms with E-state index in [0.29, 0.717) is 42.3 Å². The molecule has 1 heterocycles. The summed E-state index contributed by atoms with van der Waals surface area (Å²) in [5.74, 6) is -0.624. The van der Waals surface area contributed by atoms with E-state index in [9.17, 15) is 9.59 Å². The lowest BCUT2D eigenvalue weighted by atomic mass is 10.1. The van der Waals surface area contributed by atoms with Gasteiger partial charge >= 0.3 is 11.9 Å². The molecule has 0 radical (unpaired) electrons. The molecule has 0 N–H and O–H groups in total. The molecule has 0 aliphatic heterocycles. The van der Waals surface area contributed by atoms with Gasteiger partial charge in [0.05, 0.1) is 10.7 Å². The standard InChI is InChI=1S/C33H53BrCl3NO5SSi/c1-22(2)45(23(3)4,24(5)6)43-27(9)17-25(7)13-12-16-32(40)42-29(18-26(8)34)19-30-38-28(20-44-30)14-10-11-15-31(39)41-21-33(35,36)37/h13,18,20,22-24,27,29H,10-12,14-17,19,21H2,1-9H3/t27-,29+/m0/s1. The van der Waals surface area contributed by atoms with Gasteiger partial charge < -0.3 is 13.9 Å². The van der Waals surface area contributed by atoms with Gasteiger partial charge in [0.15, 0.2) is 0 Å². The second kappa shape index (κ2) is 20.8. The molecule has 2 atom stereocenters. The Labute approximate surface area is 300 Å². The van der Waals surface area contributed by atoms with Crippen LogP contribution in [0.25, 0.3) is 0 Å². The summed E-state index contributed by atoms with van der Waals surface area (Å²) >= 11 is 21.8. The van der Waals surface area contributed by atoms with Crippen molar-refractivity contribution in [3.05, 3.63) is 38.3 Å². The molecule has 0 aliphatic carbocycles. The lowest BCUT2D eigenvalue weighted by Crippen LogP contribution is -2.49. The number of hydrogen-bond acceptors (Lipinski definition) is 7. The molecule has 0 aromatic carbocycles. The van der Waals surface area contributed by atoms with E-state index in [4.69, 9.17) is 53.7 Å². The summed E-state index contributed by atoms with van der Waals surface area (Å²) in [5, 5.41) is 2.90. The number of aryl methyl sites for hydroxylation is 1. The Balaban J connectivity index is 2.60. The first kappa shape index (κ1) is 42.6. The molecule has 0 aliphatic rings. The summed E-state index contributed by atoms with van der Waals surface area (Å²) in [5.41, 5.74) is 3.82. The molecule has 0 unspecified atom stereocenters. The molecule has 0 bridgehead atoms. The average molecular weight is 790 g/mol. The van der Waals surface area contributed by atoms with Crippen LogP contribution in [0.15, 0.2) is 27.6 Å². The Bertz CT molecular complexity index is 1090. The SMILES string of the molecule is CC(Br)=C[C@H](Cc1nc(CCCCC(=O)OCC(Cl)(Cl)Cl)cs1)OC(=O)CCC=C(C)C[C@H](C)O[Si](C(C)C)(C(C)C)C(C)C. The van der Waals surface area contributed by atoms with E-state index in [1.807, 2.05) is 18.4 Å². The van der Waals surface area contributed by atoms with Crippen LogP contribution in [-0.4, -0.2) is 47.8 Å². The first-order chi connectivity index (χ1) is 20.8. The zero-order valence-electron chi connectivity index (χ0n) is 28.4. The third-order valence-electron chi connectivity index (χ3n) is 7.70. The van der Waals surface area contributed by atoms with E-state index >= 15 is 0 Å². The predicted octanol–water partition coefficient (Wildman–Crippen LogP) is 11.2. The van der Waals surface area contributed by atoms with Gasteiger partial charge in [-0.1, -0.05) is 104 Å². The zero-order chi connectivity index (χ0) is 34.4. The molecule has 258 valence electrons. The van der Waals surface area contributed by atoms with Crippen molar-refractivity contribution < 1.29 is 23.5 Å². The number of carbonyl (C=O) groups is 2. The van der Waals surface area contributed by atoms with Gasteiger partial charge in [0.2, 0.25) is 12.1 Å². The van der Waals surface area contributed by atoms with Crippen molar-refractivity contribution >= 4 is 82.3 Å². The molecule has 0 amide bonds. The molecule has 45 heavy (non-hydrogen) atoms. The van der Waals surface area contributed by atoms with Crippen LogP contribution in [-0.2, 0) is 36.3 Å². The van der Waals surface area contributed by atoms with Crippen molar-refractivity contribution in [1.82, 2.24) is 4.98 Å². The Hall–Kier alpha value is -0.423. The molecule has 0 spiro atoms. The average Bonchev–Trinajstić information content (AvgIpc) is 3.34. The molecule has 12 heteroatoms. The van der Waals surface area contributed by atoms with E-state index in [0.717, 1.165) is 34.4 Å². The number of unbranched alkanes of at least 4 members (excludes halogenated alkanes) is 1. The summed E-state index contributed by atoms with van der Waals surface area (Å²) in [6, 6.07) is 0. The van der Waals surface area contributed by atoms with Gasteiger partial charge in [-0.15, -0.1) is 11.3 Å². The monoisotopic (exact) mass is 787 g/mol. The molecular weight excluding hydrogens is 737 g/mol. The number of rotatable bonds is 20. The number of hydrogen-bond donors (Lipinski definition) is 0. The van der Waals surface area contributed by atoms with Gasteiger partial charge in [-0.3, -0.25) is 9.59 Å². The summed E-state index contributed by atoms with van der Waals surface area (Å²) in [6.07, 6.45) is 8.47. The van der Waals surface area contributed by atoms with Crippen molar-refractivity contribution in [3.8, 4) is 0 Å². The second-order valence-electron chi connectivity index (χ2n) is 12.7. The van der Waals surface area contributed by atoms with Crippen LogP contribution in [0.3, 0.4) is 0 Å². The fourth-order valence-electron chi connectivity index (χ4n) is 5.93. The quantitative estimate of drug-likeness (QED) is 0.0431. The predicted molar refractivity (Wildman–Crippen MR) is 196 cm³/mol. The van der Waals surface area contributed by atoms with Crippen molar-refractivity contribution in [3.63, 3.8) is 0 Å². The molecule has 0 fully saturated rings. The van der Waals surface area contributed by atoms with Gasteiger partial charge in [-0.2, -0.15) is 0 Å². The highest BCUT2D eigenvalue weighted by Gasteiger charge is 2.46. The zero-order valence-corrected chi connectivity index (χ0v) is 34.1. The number of esters is 2. The minimum Gasteiger partial charge on any atom is -0.461 e. The largest absolute Gasteiger partial charge is 0.461 e. The van der Waals surface area contributed by atoms with Crippen LogP contribution in [0.1, 0.15) is 112 Å². The van der Waals surface area contributed by atoms with Crippen LogP contribution >= 0.6 is 62.1 Å². The number of carbonyl (C=O) groups excluding carboxylic acids is 2. The maximum Gasteiger partial charge on any atom is 0.306 e.